The van der Waals surface area contributed by atoms with Crippen LogP contribution in [-0.4, -0.2) is 50.3 Å². The highest BCUT2D eigenvalue weighted by molar-refractivity contribution is 7.90. The summed E-state index contributed by atoms with van der Waals surface area (Å²) in [5.41, 5.74) is 0. The summed E-state index contributed by atoms with van der Waals surface area (Å²) in [6, 6.07) is 0. The van der Waals surface area contributed by atoms with Gasteiger partial charge >= 0.3 is 0 Å². The van der Waals surface area contributed by atoms with Gasteiger partial charge in [0.15, 0.2) is 0 Å². The highest BCUT2D eigenvalue weighted by Gasteiger charge is 2.27. The van der Waals surface area contributed by atoms with Crippen molar-refractivity contribution >= 4 is 21.4 Å². The van der Waals surface area contributed by atoms with Crippen LogP contribution in [0.15, 0.2) is 0 Å². The van der Waals surface area contributed by atoms with Crippen molar-refractivity contribution in [3.8, 4) is 0 Å². The maximum Gasteiger partial charge on any atom is 0.148 e. The number of hydrogen-bond acceptors (Lipinski definition) is 3. The molecule has 1 fully saturated rings. The lowest BCUT2D eigenvalue weighted by atomic mass is 10.2. The summed E-state index contributed by atoms with van der Waals surface area (Å²) >= 11 is 6.02. The van der Waals surface area contributed by atoms with E-state index >= 15 is 0 Å². The van der Waals surface area contributed by atoms with Gasteiger partial charge in [-0.25, -0.2) is 8.42 Å². The van der Waals surface area contributed by atoms with Crippen molar-refractivity contribution in [2.75, 3.05) is 31.6 Å². The molecule has 1 heterocycles. The lowest BCUT2D eigenvalue weighted by molar-refractivity contribution is 0.347. The number of likely N-dealkylation sites (tertiary alicyclic amines) is 1. The van der Waals surface area contributed by atoms with Crippen LogP contribution in [0.1, 0.15) is 6.92 Å². The summed E-state index contributed by atoms with van der Waals surface area (Å²) in [6.07, 6.45) is 1.27. The minimum Gasteiger partial charge on any atom is -0.301 e. The molecular weight excluding hydrogens is 210 g/mol. The van der Waals surface area contributed by atoms with Crippen molar-refractivity contribution in [2.45, 2.75) is 12.3 Å². The van der Waals surface area contributed by atoms with E-state index in [0.29, 0.717) is 12.5 Å². The Morgan fingerprint density at radius 3 is 2.46 bits per heavy atom. The lowest BCUT2D eigenvalue weighted by Crippen LogP contribution is -2.27. The number of sulfone groups is 1. The first kappa shape index (κ1) is 11.3. The van der Waals surface area contributed by atoms with Gasteiger partial charge in [0.05, 0.1) is 11.1 Å². The van der Waals surface area contributed by atoms with Crippen LogP contribution < -0.4 is 0 Å². The molecule has 1 aliphatic heterocycles. The predicted octanol–water partition coefficient (Wildman–Crippen LogP) is 0.590. The molecular formula is C8H16ClNO2S. The number of nitrogens with zero attached hydrogens (tertiary/aromatic N) is 1. The highest BCUT2D eigenvalue weighted by Crippen LogP contribution is 2.20. The van der Waals surface area contributed by atoms with Gasteiger partial charge in [-0.2, -0.15) is 0 Å². The molecule has 0 aromatic rings. The number of rotatable bonds is 3. The SMILES string of the molecule is CC1CN(CCS(C)(=O)=O)CC1Cl. The van der Waals surface area contributed by atoms with Crippen molar-refractivity contribution < 1.29 is 8.42 Å². The second kappa shape index (κ2) is 4.15. The standard InChI is InChI=1S/C8H16ClNO2S/c1-7-5-10(6-8(7)9)3-4-13(2,11)12/h7-8H,3-6H2,1-2H3. The third-order valence-electron chi connectivity index (χ3n) is 2.37. The first-order valence-electron chi connectivity index (χ1n) is 4.42. The van der Waals surface area contributed by atoms with Gasteiger partial charge in [-0.3, -0.25) is 0 Å². The van der Waals surface area contributed by atoms with E-state index in [0.717, 1.165) is 13.1 Å². The zero-order valence-corrected chi connectivity index (χ0v) is 9.61. The van der Waals surface area contributed by atoms with Gasteiger partial charge in [0.1, 0.15) is 9.84 Å². The van der Waals surface area contributed by atoms with E-state index in [4.69, 9.17) is 11.6 Å². The molecule has 0 bridgehead atoms. The van der Waals surface area contributed by atoms with Crippen LogP contribution in [0.2, 0.25) is 0 Å². The summed E-state index contributed by atoms with van der Waals surface area (Å²) in [4.78, 5) is 2.11. The van der Waals surface area contributed by atoms with E-state index in [1.165, 1.54) is 6.26 Å². The molecule has 2 unspecified atom stereocenters. The third kappa shape index (κ3) is 3.83. The van der Waals surface area contributed by atoms with Gasteiger partial charge in [0.2, 0.25) is 0 Å². The van der Waals surface area contributed by atoms with Crippen molar-refractivity contribution in [3.63, 3.8) is 0 Å². The van der Waals surface area contributed by atoms with Crippen LogP contribution >= 0.6 is 11.6 Å². The maximum atomic E-state index is 10.9. The minimum absolute atomic E-state index is 0.180. The fourth-order valence-corrected chi connectivity index (χ4v) is 2.36. The molecule has 0 saturated carbocycles. The molecule has 0 amide bonds. The second-order valence-corrected chi connectivity index (χ2v) is 6.70. The van der Waals surface area contributed by atoms with Crippen LogP contribution in [0.5, 0.6) is 0 Å². The largest absolute Gasteiger partial charge is 0.301 e. The van der Waals surface area contributed by atoms with Crippen LogP contribution in [0.4, 0.5) is 0 Å². The summed E-state index contributed by atoms with van der Waals surface area (Å²) < 4.78 is 21.8. The second-order valence-electron chi connectivity index (χ2n) is 3.88. The van der Waals surface area contributed by atoms with E-state index in [-0.39, 0.29) is 11.1 Å². The summed E-state index contributed by atoms with van der Waals surface area (Å²) in [7, 11) is -2.83. The molecule has 2 atom stereocenters. The first-order chi connectivity index (χ1) is 5.88. The summed E-state index contributed by atoms with van der Waals surface area (Å²) in [5, 5.41) is 0.180. The summed E-state index contributed by atoms with van der Waals surface area (Å²) in [6.45, 7) is 4.45. The molecule has 0 aliphatic carbocycles. The third-order valence-corrected chi connectivity index (χ3v) is 3.87. The molecule has 3 nitrogen and oxygen atoms in total. The Morgan fingerprint density at radius 1 is 1.46 bits per heavy atom. The topological polar surface area (TPSA) is 37.4 Å². The normalized spacial score (nSPS) is 31.0. The van der Waals surface area contributed by atoms with E-state index in [1.54, 1.807) is 0 Å². The zero-order valence-electron chi connectivity index (χ0n) is 8.03. The zero-order chi connectivity index (χ0) is 10.1. The minimum atomic E-state index is -2.83. The van der Waals surface area contributed by atoms with Crippen LogP contribution in [0, 0.1) is 5.92 Å². The molecule has 1 aliphatic rings. The quantitative estimate of drug-likeness (QED) is 0.660. The van der Waals surface area contributed by atoms with Gasteiger partial charge in [-0.15, -0.1) is 11.6 Å². The van der Waals surface area contributed by atoms with Crippen molar-refractivity contribution in [2.24, 2.45) is 5.92 Å². The van der Waals surface area contributed by atoms with Gasteiger partial charge < -0.3 is 4.90 Å². The van der Waals surface area contributed by atoms with Crippen molar-refractivity contribution in [1.82, 2.24) is 4.90 Å². The molecule has 1 saturated heterocycles. The Labute approximate surface area is 85.0 Å². The Bertz CT molecular complexity index is 255. The molecule has 13 heavy (non-hydrogen) atoms. The van der Waals surface area contributed by atoms with Crippen molar-refractivity contribution in [3.05, 3.63) is 0 Å². The number of hydrogen-bond donors (Lipinski definition) is 0. The van der Waals surface area contributed by atoms with Gasteiger partial charge in [0.25, 0.3) is 0 Å². The molecule has 0 spiro atoms. The summed E-state index contributed by atoms with van der Waals surface area (Å²) in [5.74, 6) is 0.713. The lowest BCUT2D eigenvalue weighted by Gasteiger charge is -2.13. The Morgan fingerprint density at radius 2 is 2.08 bits per heavy atom. The number of halogens is 1. The van der Waals surface area contributed by atoms with E-state index in [9.17, 15) is 8.42 Å². The van der Waals surface area contributed by atoms with E-state index < -0.39 is 9.84 Å². The molecule has 0 N–H and O–H groups in total. The van der Waals surface area contributed by atoms with E-state index in [2.05, 4.69) is 11.8 Å². The van der Waals surface area contributed by atoms with Crippen LogP contribution in [-0.2, 0) is 9.84 Å². The molecule has 1 rings (SSSR count). The Kier molecular flexibility index (Phi) is 3.60. The average molecular weight is 226 g/mol. The smallest absolute Gasteiger partial charge is 0.148 e. The maximum absolute atomic E-state index is 10.9. The van der Waals surface area contributed by atoms with Crippen LogP contribution in [0.25, 0.3) is 0 Å². The average Bonchev–Trinajstić information content (AvgIpc) is 2.27. The van der Waals surface area contributed by atoms with Gasteiger partial charge in [0, 0.05) is 25.9 Å². The molecule has 78 valence electrons. The predicted molar refractivity (Wildman–Crippen MR) is 55.0 cm³/mol. The monoisotopic (exact) mass is 225 g/mol. The van der Waals surface area contributed by atoms with Crippen molar-refractivity contribution in [1.29, 1.82) is 0 Å². The van der Waals surface area contributed by atoms with Gasteiger partial charge in [-0.1, -0.05) is 6.92 Å². The fraction of sp³-hybridized carbons (Fsp3) is 1.00. The molecule has 0 aromatic carbocycles. The highest BCUT2D eigenvalue weighted by atomic mass is 35.5. The van der Waals surface area contributed by atoms with E-state index in [1.807, 2.05) is 0 Å². The van der Waals surface area contributed by atoms with Crippen LogP contribution in [0.3, 0.4) is 0 Å². The van der Waals surface area contributed by atoms with Gasteiger partial charge in [-0.05, 0) is 5.92 Å². The first-order valence-corrected chi connectivity index (χ1v) is 6.92. The number of alkyl halides is 1. The molecule has 0 radical (unpaired) electrons. The molecule has 0 aromatic heterocycles. The fourth-order valence-electron chi connectivity index (χ4n) is 1.50. The Hall–Kier alpha value is 0.200. The Balaban J connectivity index is 2.33. The molecule has 5 heteroatoms.